The minimum Gasteiger partial charge on any atom is -0.493 e. The molecule has 0 aliphatic heterocycles. The van der Waals surface area contributed by atoms with Gasteiger partial charge in [0, 0.05) is 0 Å². The molecule has 1 aromatic carbocycles. The molecule has 3 rings (SSSR count). The summed E-state index contributed by atoms with van der Waals surface area (Å²) < 4.78 is 12.1. The van der Waals surface area contributed by atoms with Gasteiger partial charge in [-0.2, -0.15) is 5.10 Å². The zero-order valence-electron chi connectivity index (χ0n) is 13.0. The van der Waals surface area contributed by atoms with E-state index in [2.05, 4.69) is 10.1 Å². The molecule has 0 atom stereocenters. The lowest BCUT2D eigenvalue weighted by atomic mass is 10.2. The number of esters is 1. The minimum atomic E-state index is -0.202. The number of aryl methyl sites for hydroxylation is 1. The molecule has 0 saturated heterocycles. The fourth-order valence-electron chi connectivity index (χ4n) is 2.08. The highest BCUT2D eigenvalue weighted by atomic mass is 16.6. The minimum absolute atomic E-state index is 0.0356. The number of imidazole rings is 1. The molecule has 0 radical (unpaired) electrons. The second-order valence-corrected chi connectivity index (χ2v) is 5.44. The van der Waals surface area contributed by atoms with Crippen LogP contribution in [0.5, 0.6) is 11.5 Å². The van der Waals surface area contributed by atoms with E-state index >= 15 is 0 Å². The molecule has 0 unspecified atom stereocenters. The van der Waals surface area contributed by atoms with Crippen molar-refractivity contribution in [2.45, 2.75) is 19.8 Å². The summed E-state index contributed by atoms with van der Waals surface area (Å²) in [7, 11) is 1.53. The SMILES string of the molecule is COc1cc(C=Nn2cc(C)nc2N)ccc1OC(=O)C1CC1. The predicted molar refractivity (Wildman–Crippen MR) is 85.7 cm³/mol. The molecule has 7 nitrogen and oxygen atoms in total. The fourth-order valence-corrected chi connectivity index (χ4v) is 2.08. The maximum Gasteiger partial charge on any atom is 0.314 e. The van der Waals surface area contributed by atoms with Crippen molar-refractivity contribution in [1.29, 1.82) is 0 Å². The van der Waals surface area contributed by atoms with Crippen LogP contribution < -0.4 is 15.2 Å². The van der Waals surface area contributed by atoms with Crippen LogP contribution in [0.25, 0.3) is 0 Å². The van der Waals surface area contributed by atoms with E-state index in [9.17, 15) is 4.79 Å². The van der Waals surface area contributed by atoms with E-state index in [0.29, 0.717) is 17.4 Å². The summed E-state index contributed by atoms with van der Waals surface area (Å²) in [6, 6.07) is 5.24. The lowest BCUT2D eigenvalue weighted by molar-refractivity contribution is -0.135. The predicted octanol–water partition coefficient (Wildman–Crippen LogP) is 1.98. The molecular formula is C16H18N4O3. The Bertz CT molecular complexity index is 763. The number of benzene rings is 1. The Morgan fingerprint density at radius 2 is 2.22 bits per heavy atom. The number of aromatic nitrogens is 2. The van der Waals surface area contributed by atoms with Crippen LogP contribution in [0.3, 0.4) is 0 Å². The van der Waals surface area contributed by atoms with E-state index in [4.69, 9.17) is 15.2 Å². The average molecular weight is 314 g/mol. The van der Waals surface area contributed by atoms with Crippen molar-refractivity contribution in [3.63, 3.8) is 0 Å². The number of rotatable bonds is 5. The first-order valence-corrected chi connectivity index (χ1v) is 7.32. The largest absolute Gasteiger partial charge is 0.493 e. The molecule has 0 bridgehead atoms. The normalized spacial score (nSPS) is 14.2. The Labute approximate surface area is 133 Å². The first-order chi connectivity index (χ1) is 11.1. The number of nitrogen functional groups attached to an aromatic ring is 1. The third kappa shape index (κ3) is 3.50. The Kier molecular flexibility index (Phi) is 4.01. The Morgan fingerprint density at radius 3 is 2.83 bits per heavy atom. The van der Waals surface area contributed by atoms with Gasteiger partial charge in [-0.25, -0.2) is 9.66 Å². The van der Waals surface area contributed by atoms with Crippen molar-refractivity contribution in [1.82, 2.24) is 9.66 Å². The molecule has 1 aliphatic carbocycles. The van der Waals surface area contributed by atoms with Crippen molar-refractivity contribution < 1.29 is 14.3 Å². The molecule has 1 aliphatic rings. The number of hydrogen-bond donors (Lipinski definition) is 1. The summed E-state index contributed by atoms with van der Waals surface area (Å²) in [5, 5.41) is 4.24. The van der Waals surface area contributed by atoms with Gasteiger partial charge < -0.3 is 15.2 Å². The number of hydrogen-bond acceptors (Lipinski definition) is 6. The van der Waals surface area contributed by atoms with Crippen LogP contribution >= 0.6 is 0 Å². The highest BCUT2D eigenvalue weighted by Crippen LogP contribution is 2.34. The molecule has 1 heterocycles. The Hall–Kier alpha value is -2.83. The molecule has 7 heteroatoms. The smallest absolute Gasteiger partial charge is 0.314 e. The van der Waals surface area contributed by atoms with Crippen molar-refractivity contribution >= 4 is 18.1 Å². The van der Waals surface area contributed by atoms with Gasteiger partial charge in [-0.3, -0.25) is 4.79 Å². The number of carbonyl (C=O) groups is 1. The molecule has 2 aromatic rings. The average Bonchev–Trinajstić information content (AvgIpc) is 3.32. The van der Waals surface area contributed by atoms with Crippen LogP contribution in [0, 0.1) is 12.8 Å². The van der Waals surface area contributed by atoms with Crippen LogP contribution in [-0.4, -0.2) is 29.0 Å². The van der Waals surface area contributed by atoms with Gasteiger partial charge in [-0.15, -0.1) is 0 Å². The number of ether oxygens (including phenoxy) is 2. The fraction of sp³-hybridized carbons (Fsp3) is 0.312. The Balaban J connectivity index is 1.78. The number of nitrogens with zero attached hydrogens (tertiary/aromatic N) is 3. The van der Waals surface area contributed by atoms with Gasteiger partial charge in [-0.1, -0.05) is 0 Å². The quantitative estimate of drug-likeness (QED) is 0.517. The zero-order chi connectivity index (χ0) is 16.4. The summed E-state index contributed by atoms with van der Waals surface area (Å²) in [4.78, 5) is 15.8. The monoisotopic (exact) mass is 314 g/mol. The summed E-state index contributed by atoms with van der Waals surface area (Å²) in [6.45, 7) is 1.84. The van der Waals surface area contributed by atoms with Gasteiger partial charge >= 0.3 is 5.97 Å². The number of anilines is 1. The van der Waals surface area contributed by atoms with Gasteiger partial charge in [0.2, 0.25) is 5.95 Å². The Morgan fingerprint density at radius 1 is 1.43 bits per heavy atom. The standard InChI is InChI=1S/C16H18N4O3/c1-10-9-20(16(17)19-10)18-8-11-3-6-13(14(7-11)22-2)23-15(21)12-4-5-12/h3,6-9,12H,4-5H2,1-2H3,(H2,17,19). The van der Waals surface area contributed by atoms with Gasteiger partial charge in [-0.05, 0) is 43.5 Å². The van der Waals surface area contributed by atoms with Gasteiger partial charge in [0.25, 0.3) is 0 Å². The van der Waals surface area contributed by atoms with Crippen LogP contribution in [0.4, 0.5) is 5.95 Å². The van der Waals surface area contributed by atoms with Crippen LogP contribution in [0.1, 0.15) is 24.1 Å². The van der Waals surface area contributed by atoms with Crippen LogP contribution in [0.2, 0.25) is 0 Å². The van der Waals surface area contributed by atoms with E-state index in [0.717, 1.165) is 24.1 Å². The number of carbonyl (C=O) groups excluding carboxylic acids is 1. The molecule has 2 N–H and O–H groups in total. The molecular weight excluding hydrogens is 296 g/mol. The molecule has 0 amide bonds. The second-order valence-electron chi connectivity index (χ2n) is 5.44. The van der Waals surface area contributed by atoms with Crippen molar-refractivity contribution in [3.05, 3.63) is 35.7 Å². The lowest BCUT2D eigenvalue weighted by Gasteiger charge is -2.09. The topological polar surface area (TPSA) is 91.7 Å². The summed E-state index contributed by atoms with van der Waals surface area (Å²) in [5.41, 5.74) is 7.31. The van der Waals surface area contributed by atoms with E-state index in [1.165, 1.54) is 11.8 Å². The van der Waals surface area contributed by atoms with Gasteiger partial charge in [0.15, 0.2) is 11.5 Å². The zero-order valence-corrected chi connectivity index (χ0v) is 13.0. The third-order valence-corrected chi connectivity index (χ3v) is 3.47. The van der Waals surface area contributed by atoms with Gasteiger partial charge in [0.05, 0.1) is 31.1 Å². The third-order valence-electron chi connectivity index (χ3n) is 3.47. The van der Waals surface area contributed by atoms with Crippen molar-refractivity contribution in [3.8, 4) is 11.5 Å². The van der Waals surface area contributed by atoms with E-state index in [1.54, 1.807) is 30.6 Å². The van der Waals surface area contributed by atoms with E-state index < -0.39 is 0 Å². The summed E-state index contributed by atoms with van der Waals surface area (Å²) >= 11 is 0. The second kappa shape index (κ2) is 6.12. The molecule has 1 saturated carbocycles. The number of nitrogens with two attached hydrogens (primary N) is 1. The van der Waals surface area contributed by atoms with Crippen LogP contribution in [0.15, 0.2) is 29.5 Å². The first-order valence-electron chi connectivity index (χ1n) is 7.32. The van der Waals surface area contributed by atoms with Crippen molar-refractivity contribution in [2.24, 2.45) is 11.0 Å². The highest BCUT2D eigenvalue weighted by molar-refractivity contribution is 5.82. The maximum atomic E-state index is 11.8. The molecule has 120 valence electrons. The molecule has 0 spiro atoms. The summed E-state index contributed by atoms with van der Waals surface area (Å²) in [6.07, 6.45) is 5.16. The maximum absolute atomic E-state index is 11.8. The highest BCUT2D eigenvalue weighted by Gasteiger charge is 2.32. The first kappa shape index (κ1) is 15.1. The molecule has 23 heavy (non-hydrogen) atoms. The van der Waals surface area contributed by atoms with E-state index in [1.807, 2.05) is 6.92 Å². The van der Waals surface area contributed by atoms with E-state index in [-0.39, 0.29) is 11.9 Å². The molecule has 1 fully saturated rings. The molecule has 1 aromatic heterocycles. The van der Waals surface area contributed by atoms with Crippen LogP contribution in [-0.2, 0) is 4.79 Å². The van der Waals surface area contributed by atoms with Gasteiger partial charge in [0.1, 0.15) is 0 Å². The summed E-state index contributed by atoms with van der Waals surface area (Å²) in [5.74, 6) is 1.05. The number of methoxy groups -OCH3 is 1. The van der Waals surface area contributed by atoms with Crippen molar-refractivity contribution in [2.75, 3.05) is 12.8 Å². The lowest BCUT2D eigenvalue weighted by Crippen LogP contribution is -2.10.